The van der Waals surface area contributed by atoms with Gasteiger partial charge >= 0.3 is 0 Å². The van der Waals surface area contributed by atoms with Crippen LogP contribution in [0.5, 0.6) is 0 Å². The minimum Gasteiger partial charge on any atom is -0.336 e. The molecule has 0 aliphatic heterocycles. The van der Waals surface area contributed by atoms with Crippen LogP contribution in [0, 0.1) is 0 Å². The molecule has 0 saturated heterocycles. The Hall–Kier alpha value is -0.900. The van der Waals surface area contributed by atoms with Crippen LogP contribution >= 0.6 is 15.9 Å². The van der Waals surface area contributed by atoms with E-state index in [1.807, 2.05) is 12.1 Å². The lowest BCUT2D eigenvalue weighted by Gasteiger charge is -1.84. The Morgan fingerprint density at radius 2 is 2.30 bits per heavy atom. The largest absolute Gasteiger partial charge is 0.336 e. The number of rotatable bonds is 0. The van der Waals surface area contributed by atoms with Gasteiger partial charge in [-0.25, -0.2) is 4.98 Å². The molecule has 0 radical (unpaired) electrons. The van der Waals surface area contributed by atoms with Gasteiger partial charge in [-0.2, -0.15) is 0 Å². The monoisotopic (exact) mass is 198 g/mol. The van der Waals surface area contributed by atoms with Gasteiger partial charge in [0.2, 0.25) is 0 Å². The molecule has 2 aromatic heterocycles. The lowest BCUT2D eigenvalue weighted by Crippen LogP contribution is -1.72. The summed E-state index contributed by atoms with van der Waals surface area (Å²) in [6, 6.07) is 3.74. The van der Waals surface area contributed by atoms with Crippen molar-refractivity contribution in [3.8, 4) is 0 Å². The Kier molecular flexibility index (Phi) is 1.20. The van der Waals surface area contributed by atoms with Crippen molar-refractivity contribution >= 4 is 27.0 Å². The van der Waals surface area contributed by atoms with E-state index in [9.17, 15) is 0 Å². The number of fused-ring (bicyclic) bond motifs is 1. The molecule has 10 heavy (non-hydrogen) atoms. The van der Waals surface area contributed by atoms with Crippen molar-refractivity contribution in [1.29, 1.82) is 0 Å². The fraction of sp³-hybridized carbons (Fsp3) is 0. The van der Waals surface area contributed by atoms with Gasteiger partial charge in [-0.05, 0) is 28.1 Å². The number of aromatic nitrogens is 2. The maximum absolute atomic E-state index is 4.81. The van der Waals surface area contributed by atoms with Crippen molar-refractivity contribution in [3.63, 3.8) is 0 Å². The molecule has 0 amide bonds. The average Bonchev–Trinajstić information content (AvgIpc) is 2.33. The molecule has 2 rings (SSSR count). The summed E-state index contributed by atoms with van der Waals surface area (Å²) in [5, 5.41) is 4.50. The van der Waals surface area contributed by atoms with Crippen LogP contribution < -0.4 is 0 Å². The summed E-state index contributed by atoms with van der Waals surface area (Å²) < 4.78 is 5.57. The number of pyridine rings is 1. The minimum atomic E-state index is 0.564. The van der Waals surface area contributed by atoms with Crippen LogP contribution in [0.25, 0.3) is 11.1 Å². The highest BCUT2D eigenvalue weighted by atomic mass is 79.9. The summed E-state index contributed by atoms with van der Waals surface area (Å²) in [6.45, 7) is 0. The summed E-state index contributed by atoms with van der Waals surface area (Å²) in [5.74, 6) is 0. The third-order valence-corrected chi connectivity index (χ3v) is 1.63. The smallest absolute Gasteiger partial charge is 0.258 e. The molecule has 0 bridgehead atoms. The normalized spacial score (nSPS) is 10.5. The summed E-state index contributed by atoms with van der Waals surface area (Å²) in [7, 11) is 0. The van der Waals surface area contributed by atoms with E-state index in [1.54, 1.807) is 6.20 Å². The molecule has 2 aromatic rings. The van der Waals surface area contributed by atoms with Gasteiger partial charge in [-0.1, -0.05) is 5.16 Å². The SMILES string of the molecule is Brc1ccc2cnoc2n1. The van der Waals surface area contributed by atoms with E-state index in [2.05, 4.69) is 26.1 Å². The second kappa shape index (κ2) is 2.05. The summed E-state index contributed by atoms with van der Waals surface area (Å²) >= 11 is 3.22. The summed E-state index contributed by atoms with van der Waals surface area (Å²) in [4.78, 5) is 4.02. The zero-order valence-corrected chi connectivity index (χ0v) is 6.50. The second-order valence-electron chi connectivity index (χ2n) is 1.85. The standard InChI is InChI=1S/C6H3BrN2O/c7-5-2-1-4-3-8-10-6(4)9-5/h1-3H. The molecule has 0 aliphatic rings. The average molecular weight is 199 g/mol. The predicted molar refractivity (Wildman–Crippen MR) is 39.5 cm³/mol. The Bertz CT molecular complexity index is 357. The summed E-state index contributed by atoms with van der Waals surface area (Å²) in [5.41, 5.74) is 0.564. The van der Waals surface area contributed by atoms with Gasteiger partial charge in [0, 0.05) is 0 Å². The third kappa shape index (κ3) is 0.806. The van der Waals surface area contributed by atoms with Gasteiger partial charge in [0.1, 0.15) is 4.60 Å². The van der Waals surface area contributed by atoms with Gasteiger partial charge in [-0.15, -0.1) is 0 Å². The molecule has 0 N–H and O–H groups in total. The van der Waals surface area contributed by atoms with E-state index >= 15 is 0 Å². The quantitative estimate of drug-likeness (QED) is 0.609. The molecule has 0 atom stereocenters. The molecule has 0 unspecified atom stereocenters. The highest BCUT2D eigenvalue weighted by molar-refractivity contribution is 9.10. The first-order valence-corrected chi connectivity index (χ1v) is 3.52. The fourth-order valence-electron chi connectivity index (χ4n) is 0.733. The zero-order valence-electron chi connectivity index (χ0n) is 4.91. The van der Waals surface area contributed by atoms with Crippen molar-refractivity contribution < 1.29 is 4.52 Å². The van der Waals surface area contributed by atoms with Crippen molar-refractivity contribution in [3.05, 3.63) is 22.9 Å². The highest BCUT2D eigenvalue weighted by Crippen LogP contribution is 2.13. The molecule has 0 aromatic carbocycles. The van der Waals surface area contributed by atoms with Crippen LogP contribution in [0.4, 0.5) is 0 Å². The number of halogens is 1. The lowest BCUT2D eigenvalue weighted by molar-refractivity contribution is 0.448. The van der Waals surface area contributed by atoms with Crippen LogP contribution in [0.15, 0.2) is 27.5 Å². The molecule has 3 nitrogen and oxygen atoms in total. The fourth-order valence-corrected chi connectivity index (χ4v) is 1.03. The Labute approximate surface area is 65.2 Å². The van der Waals surface area contributed by atoms with Crippen LogP contribution in [-0.4, -0.2) is 10.1 Å². The number of nitrogens with zero attached hydrogens (tertiary/aromatic N) is 2. The Morgan fingerprint density at radius 3 is 3.20 bits per heavy atom. The van der Waals surface area contributed by atoms with Crippen molar-refractivity contribution in [2.24, 2.45) is 0 Å². The molecule has 0 spiro atoms. The van der Waals surface area contributed by atoms with E-state index in [0.717, 1.165) is 9.99 Å². The first kappa shape index (κ1) is 5.85. The maximum Gasteiger partial charge on any atom is 0.258 e. The number of hydrogen-bond acceptors (Lipinski definition) is 3. The highest BCUT2D eigenvalue weighted by Gasteiger charge is 1.97. The molecule has 2 heterocycles. The van der Waals surface area contributed by atoms with E-state index in [0.29, 0.717) is 5.71 Å². The zero-order chi connectivity index (χ0) is 6.97. The second-order valence-corrected chi connectivity index (χ2v) is 2.67. The Balaban J connectivity index is 2.86. The van der Waals surface area contributed by atoms with Gasteiger partial charge in [0.25, 0.3) is 5.71 Å². The minimum absolute atomic E-state index is 0.564. The van der Waals surface area contributed by atoms with Gasteiger partial charge in [0.15, 0.2) is 0 Å². The van der Waals surface area contributed by atoms with E-state index in [1.165, 1.54) is 0 Å². The van der Waals surface area contributed by atoms with Crippen LogP contribution in [0.1, 0.15) is 0 Å². The first-order valence-electron chi connectivity index (χ1n) is 2.73. The molecule has 4 heteroatoms. The maximum atomic E-state index is 4.81. The predicted octanol–water partition coefficient (Wildman–Crippen LogP) is 1.99. The topological polar surface area (TPSA) is 38.9 Å². The van der Waals surface area contributed by atoms with Crippen LogP contribution in [-0.2, 0) is 0 Å². The first-order chi connectivity index (χ1) is 4.86. The summed E-state index contributed by atoms with van der Waals surface area (Å²) in [6.07, 6.45) is 1.63. The van der Waals surface area contributed by atoms with Crippen LogP contribution in [0.3, 0.4) is 0 Å². The van der Waals surface area contributed by atoms with Crippen LogP contribution in [0.2, 0.25) is 0 Å². The lowest BCUT2D eigenvalue weighted by atomic mass is 10.4. The molecule has 0 saturated carbocycles. The molecule has 50 valence electrons. The van der Waals surface area contributed by atoms with Crippen molar-refractivity contribution in [1.82, 2.24) is 10.1 Å². The molecule has 0 fully saturated rings. The van der Waals surface area contributed by atoms with Gasteiger partial charge in [0.05, 0.1) is 11.6 Å². The third-order valence-electron chi connectivity index (χ3n) is 1.19. The Morgan fingerprint density at radius 1 is 1.40 bits per heavy atom. The van der Waals surface area contributed by atoms with Gasteiger partial charge in [-0.3, -0.25) is 0 Å². The van der Waals surface area contributed by atoms with E-state index in [4.69, 9.17) is 4.52 Å². The molecule has 0 aliphatic carbocycles. The number of hydrogen-bond donors (Lipinski definition) is 0. The van der Waals surface area contributed by atoms with E-state index < -0.39 is 0 Å². The van der Waals surface area contributed by atoms with E-state index in [-0.39, 0.29) is 0 Å². The van der Waals surface area contributed by atoms with Crippen molar-refractivity contribution in [2.75, 3.05) is 0 Å². The van der Waals surface area contributed by atoms with Crippen molar-refractivity contribution in [2.45, 2.75) is 0 Å². The molecular formula is C6H3BrN2O. The van der Waals surface area contributed by atoms with Gasteiger partial charge < -0.3 is 4.52 Å². The molecular weight excluding hydrogens is 196 g/mol.